The van der Waals surface area contributed by atoms with Crippen molar-refractivity contribution in [2.75, 3.05) is 6.54 Å². The van der Waals surface area contributed by atoms with Crippen LogP contribution in [0, 0.1) is 6.92 Å². The minimum atomic E-state index is 0.745. The number of aliphatic imine (C=N–C) groups is 1. The van der Waals surface area contributed by atoms with Crippen molar-refractivity contribution < 1.29 is 0 Å². The average Bonchev–Trinajstić information content (AvgIpc) is 2.90. The van der Waals surface area contributed by atoms with Gasteiger partial charge in [0, 0.05) is 6.20 Å². The number of aromatic nitrogens is 1. The summed E-state index contributed by atoms with van der Waals surface area (Å²) in [6.07, 6.45) is 4.01. The van der Waals surface area contributed by atoms with Gasteiger partial charge in [0.05, 0.1) is 18.0 Å². The molecule has 88 valence electrons. The molecule has 2 heteroatoms. The molecule has 0 saturated carbocycles. The average molecular weight is 234 g/mol. The second kappa shape index (κ2) is 4.57. The lowest BCUT2D eigenvalue weighted by Gasteiger charge is -1.99. The Balaban J connectivity index is 1.89. The molecule has 0 spiro atoms. The molecule has 0 radical (unpaired) electrons. The highest BCUT2D eigenvalue weighted by molar-refractivity contribution is 6.13. The van der Waals surface area contributed by atoms with Crippen molar-refractivity contribution in [2.24, 2.45) is 4.99 Å². The first-order chi connectivity index (χ1) is 8.83. The fourth-order valence-electron chi connectivity index (χ4n) is 2.03. The van der Waals surface area contributed by atoms with E-state index >= 15 is 0 Å². The standard InChI is InChI=1S/C16H14N2/c1-12-7-8-15(17-10-12)16-9-14(11-18-16)13-5-3-2-4-6-13/h2-10H,11H2,1H3. The number of hydrogen-bond donors (Lipinski definition) is 0. The Bertz CT molecular complexity index is 607. The van der Waals surface area contributed by atoms with E-state index in [9.17, 15) is 0 Å². The summed E-state index contributed by atoms with van der Waals surface area (Å²) in [5.41, 5.74) is 5.60. The lowest BCUT2D eigenvalue weighted by molar-refractivity contribution is 1.23. The Morgan fingerprint density at radius 1 is 1.00 bits per heavy atom. The summed E-state index contributed by atoms with van der Waals surface area (Å²) in [5, 5.41) is 0. The number of nitrogens with zero attached hydrogens (tertiary/aromatic N) is 2. The maximum absolute atomic E-state index is 4.55. The van der Waals surface area contributed by atoms with Gasteiger partial charge in [-0.25, -0.2) is 0 Å². The van der Waals surface area contributed by atoms with Crippen LogP contribution in [-0.2, 0) is 0 Å². The van der Waals surface area contributed by atoms with Crippen LogP contribution >= 0.6 is 0 Å². The quantitative estimate of drug-likeness (QED) is 0.782. The molecule has 1 aliphatic rings. The number of aryl methyl sites for hydroxylation is 1. The van der Waals surface area contributed by atoms with E-state index < -0.39 is 0 Å². The number of benzene rings is 1. The zero-order valence-electron chi connectivity index (χ0n) is 10.3. The second-order valence-electron chi connectivity index (χ2n) is 4.46. The van der Waals surface area contributed by atoms with Gasteiger partial charge in [-0.15, -0.1) is 0 Å². The third-order valence-corrected chi connectivity index (χ3v) is 3.05. The number of rotatable bonds is 2. The van der Waals surface area contributed by atoms with Crippen LogP contribution in [-0.4, -0.2) is 17.2 Å². The Morgan fingerprint density at radius 3 is 2.56 bits per heavy atom. The molecule has 18 heavy (non-hydrogen) atoms. The summed E-state index contributed by atoms with van der Waals surface area (Å²) in [7, 11) is 0. The van der Waals surface area contributed by atoms with Crippen LogP contribution in [0.15, 0.2) is 59.7 Å². The number of pyridine rings is 1. The van der Waals surface area contributed by atoms with Gasteiger partial charge in [-0.1, -0.05) is 36.4 Å². The lowest BCUT2D eigenvalue weighted by atomic mass is 10.1. The van der Waals surface area contributed by atoms with Crippen LogP contribution in [0.3, 0.4) is 0 Å². The smallest absolute Gasteiger partial charge is 0.0882 e. The van der Waals surface area contributed by atoms with Gasteiger partial charge in [-0.2, -0.15) is 0 Å². The third-order valence-electron chi connectivity index (χ3n) is 3.05. The first kappa shape index (κ1) is 10.9. The molecule has 0 unspecified atom stereocenters. The van der Waals surface area contributed by atoms with Crippen LogP contribution in [0.5, 0.6) is 0 Å². The fourth-order valence-corrected chi connectivity index (χ4v) is 2.03. The summed E-state index contributed by atoms with van der Waals surface area (Å²) in [4.78, 5) is 8.97. The van der Waals surface area contributed by atoms with Crippen molar-refractivity contribution in [3.8, 4) is 0 Å². The molecular weight excluding hydrogens is 220 g/mol. The predicted molar refractivity (Wildman–Crippen MR) is 74.8 cm³/mol. The van der Waals surface area contributed by atoms with Crippen molar-refractivity contribution in [1.82, 2.24) is 4.98 Å². The summed E-state index contributed by atoms with van der Waals surface area (Å²) in [5.74, 6) is 0. The minimum absolute atomic E-state index is 0.745. The molecule has 2 heterocycles. The van der Waals surface area contributed by atoms with Gasteiger partial charge in [-0.3, -0.25) is 9.98 Å². The van der Waals surface area contributed by atoms with Gasteiger partial charge in [0.25, 0.3) is 0 Å². The van der Waals surface area contributed by atoms with E-state index in [-0.39, 0.29) is 0 Å². The molecule has 0 amide bonds. The molecule has 2 aromatic rings. The predicted octanol–water partition coefficient (Wildman–Crippen LogP) is 3.28. The molecule has 2 nitrogen and oxygen atoms in total. The molecule has 3 rings (SSSR count). The highest BCUT2D eigenvalue weighted by atomic mass is 14.8. The largest absolute Gasteiger partial charge is 0.278 e. The molecule has 1 aromatic heterocycles. The van der Waals surface area contributed by atoms with Crippen molar-refractivity contribution >= 4 is 11.3 Å². The summed E-state index contributed by atoms with van der Waals surface area (Å²) >= 11 is 0. The Morgan fingerprint density at radius 2 is 1.83 bits per heavy atom. The fraction of sp³-hybridized carbons (Fsp3) is 0.125. The third kappa shape index (κ3) is 2.09. The topological polar surface area (TPSA) is 25.2 Å². The SMILES string of the molecule is Cc1ccc(C2=NCC(c3ccccc3)=C2)nc1. The van der Waals surface area contributed by atoms with Crippen molar-refractivity contribution in [3.05, 3.63) is 71.6 Å². The molecule has 0 N–H and O–H groups in total. The van der Waals surface area contributed by atoms with Crippen LogP contribution < -0.4 is 0 Å². The maximum Gasteiger partial charge on any atom is 0.0882 e. The zero-order valence-corrected chi connectivity index (χ0v) is 10.3. The Labute approximate surface area is 107 Å². The van der Waals surface area contributed by atoms with Crippen LogP contribution in [0.25, 0.3) is 5.57 Å². The molecule has 0 bridgehead atoms. The van der Waals surface area contributed by atoms with Crippen LogP contribution in [0.4, 0.5) is 0 Å². The van der Waals surface area contributed by atoms with Gasteiger partial charge < -0.3 is 0 Å². The molecule has 0 fully saturated rings. The second-order valence-corrected chi connectivity index (χ2v) is 4.46. The van der Waals surface area contributed by atoms with E-state index in [2.05, 4.69) is 46.4 Å². The van der Waals surface area contributed by atoms with Gasteiger partial charge in [-0.05, 0) is 35.8 Å². The summed E-state index contributed by atoms with van der Waals surface area (Å²) in [6.45, 7) is 2.79. The number of hydrogen-bond acceptors (Lipinski definition) is 2. The molecule has 1 aliphatic heterocycles. The van der Waals surface area contributed by atoms with Gasteiger partial charge in [0.2, 0.25) is 0 Å². The van der Waals surface area contributed by atoms with E-state index in [1.165, 1.54) is 16.7 Å². The van der Waals surface area contributed by atoms with E-state index in [4.69, 9.17) is 0 Å². The summed E-state index contributed by atoms with van der Waals surface area (Å²) < 4.78 is 0. The summed E-state index contributed by atoms with van der Waals surface area (Å²) in [6, 6.07) is 14.5. The van der Waals surface area contributed by atoms with Gasteiger partial charge in [0.15, 0.2) is 0 Å². The molecule has 0 atom stereocenters. The monoisotopic (exact) mass is 234 g/mol. The Kier molecular flexibility index (Phi) is 2.77. The van der Waals surface area contributed by atoms with Crippen molar-refractivity contribution in [1.29, 1.82) is 0 Å². The maximum atomic E-state index is 4.55. The first-order valence-electron chi connectivity index (χ1n) is 6.06. The molecule has 1 aromatic carbocycles. The van der Waals surface area contributed by atoms with E-state index in [0.29, 0.717) is 0 Å². The number of allylic oxidation sites excluding steroid dienone is 1. The van der Waals surface area contributed by atoms with E-state index in [1.54, 1.807) is 0 Å². The normalized spacial score (nSPS) is 14.3. The molecule has 0 aliphatic carbocycles. The van der Waals surface area contributed by atoms with E-state index in [0.717, 1.165) is 18.0 Å². The van der Waals surface area contributed by atoms with Crippen molar-refractivity contribution in [2.45, 2.75) is 6.92 Å². The van der Waals surface area contributed by atoms with Crippen LogP contribution in [0.1, 0.15) is 16.8 Å². The highest BCUT2D eigenvalue weighted by Crippen LogP contribution is 2.20. The minimum Gasteiger partial charge on any atom is -0.278 e. The first-order valence-corrected chi connectivity index (χ1v) is 6.06. The van der Waals surface area contributed by atoms with E-state index in [1.807, 2.05) is 25.3 Å². The Hall–Kier alpha value is -2.22. The molecular formula is C16H14N2. The zero-order chi connectivity index (χ0) is 12.4. The van der Waals surface area contributed by atoms with Crippen LogP contribution in [0.2, 0.25) is 0 Å². The molecule has 0 saturated heterocycles. The van der Waals surface area contributed by atoms with Gasteiger partial charge in [0.1, 0.15) is 0 Å². The van der Waals surface area contributed by atoms with Gasteiger partial charge >= 0.3 is 0 Å². The lowest BCUT2D eigenvalue weighted by Crippen LogP contribution is -1.97. The highest BCUT2D eigenvalue weighted by Gasteiger charge is 2.12. The van der Waals surface area contributed by atoms with Crippen molar-refractivity contribution in [3.63, 3.8) is 0 Å².